The molecular formula is C72H118O6. The lowest BCUT2D eigenvalue weighted by atomic mass is 10.1. The van der Waals surface area contributed by atoms with Crippen molar-refractivity contribution in [2.75, 3.05) is 13.2 Å². The third kappa shape index (κ3) is 62.4. The maximum Gasteiger partial charge on any atom is 0.306 e. The SMILES string of the molecule is CC/C=C\C/C=C\C/C=C\C/C=C\C/C=C\C/C=C\C/C=C\C/C=C\CCCCCCCCC(=O)OCC(COC(=O)CCCCCCCC)OC(=O)CCCCCCCCCC/C=C\C/C=C\C/C=C\CCCCCCC. The highest BCUT2D eigenvalue weighted by atomic mass is 16.6. The standard InChI is InChI=1S/C72H118O6/c1-4-7-10-13-16-18-20-22-24-26-28-30-32-33-34-35-36-37-38-39-41-42-44-46-48-50-52-54-56-59-62-65-71(74)77-68-69(67-76-70(73)64-61-58-15-12-9-6-3)78-72(75)66-63-60-57-55-53-51-49-47-45-43-40-31-29-27-25-23-21-19-17-14-11-8-5-2/h7,10,16,18,21-24,27-30,33-34,36-37,39-41,43-44,46,69H,4-6,8-9,11-15,17,19-20,25-26,31-32,35,38,42,45,47-68H2,1-3H3/b10-7-,18-16-,23-21-,24-22-,29-27-,30-28-,34-33-,37-36-,41-39-,43-40-,46-44-. The van der Waals surface area contributed by atoms with E-state index in [-0.39, 0.29) is 31.1 Å². The zero-order valence-electron chi connectivity index (χ0n) is 50.6. The Bertz CT molecular complexity index is 1670. The van der Waals surface area contributed by atoms with Gasteiger partial charge in [0.15, 0.2) is 6.10 Å². The molecule has 0 aromatic rings. The highest BCUT2D eigenvalue weighted by Gasteiger charge is 2.19. The maximum absolute atomic E-state index is 12.8. The van der Waals surface area contributed by atoms with Crippen molar-refractivity contribution in [3.63, 3.8) is 0 Å². The van der Waals surface area contributed by atoms with E-state index in [4.69, 9.17) is 14.2 Å². The van der Waals surface area contributed by atoms with E-state index in [9.17, 15) is 14.4 Å². The van der Waals surface area contributed by atoms with Gasteiger partial charge in [0.1, 0.15) is 13.2 Å². The number of allylic oxidation sites excluding steroid dienone is 22. The lowest BCUT2D eigenvalue weighted by Crippen LogP contribution is -2.30. The number of ether oxygens (including phenoxy) is 3. The van der Waals surface area contributed by atoms with Gasteiger partial charge in [-0.2, -0.15) is 0 Å². The number of carbonyl (C=O) groups excluding carboxylic acids is 3. The number of hydrogen-bond donors (Lipinski definition) is 0. The molecule has 0 aliphatic rings. The molecule has 442 valence electrons. The Morgan fingerprint density at radius 2 is 0.500 bits per heavy atom. The first kappa shape index (κ1) is 73.5. The quantitative estimate of drug-likeness (QED) is 0.0261. The van der Waals surface area contributed by atoms with Gasteiger partial charge in [0.2, 0.25) is 0 Å². The van der Waals surface area contributed by atoms with Crippen molar-refractivity contribution >= 4 is 17.9 Å². The summed E-state index contributed by atoms with van der Waals surface area (Å²) in [6.07, 6.45) is 92.0. The zero-order chi connectivity index (χ0) is 56.4. The summed E-state index contributed by atoms with van der Waals surface area (Å²) in [4.78, 5) is 38.0. The molecule has 0 heterocycles. The largest absolute Gasteiger partial charge is 0.462 e. The molecule has 0 saturated carbocycles. The number of esters is 3. The van der Waals surface area contributed by atoms with Crippen LogP contribution < -0.4 is 0 Å². The highest BCUT2D eigenvalue weighted by molar-refractivity contribution is 5.71. The van der Waals surface area contributed by atoms with Crippen molar-refractivity contribution < 1.29 is 28.6 Å². The topological polar surface area (TPSA) is 78.9 Å². The molecule has 6 heteroatoms. The van der Waals surface area contributed by atoms with Gasteiger partial charge in [0.25, 0.3) is 0 Å². The lowest BCUT2D eigenvalue weighted by Gasteiger charge is -2.18. The van der Waals surface area contributed by atoms with Gasteiger partial charge >= 0.3 is 17.9 Å². The molecule has 0 aliphatic carbocycles. The Kier molecular flexibility index (Phi) is 61.4. The summed E-state index contributed by atoms with van der Waals surface area (Å²) in [6.45, 7) is 6.44. The van der Waals surface area contributed by atoms with Gasteiger partial charge in [-0.1, -0.05) is 276 Å². The summed E-state index contributed by atoms with van der Waals surface area (Å²) in [6, 6.07) is 0. The van der Waals surface area contributed by atoms with Gasteiger partial charge in [0, 0.05) is 19.3 Å². The molecule has 1 unspecified atom stereocenters. The van der Waals surface area contributed by atoms with Crippen LogP contribution in [0.15, 0.2) is 134 Å². The lowest BCUT2D eigenvalue weighted by molar-refractivity contribution is -0.167. The van der Waals surface area contributed by atoms with Gasteiger partial charge in [-0.25, -0.2) is 0 Å². The summed E-state index contributed by atoms with van der Waals surface area (Å²) in [5.74, 6) is -0.921. The molecule has 0 aromatic heterocycles. The minimum absolute atomic E-state index is 0.0886. The Labute approximate surface area is 481 Å². The summed E-state index contributed by atoms with van der Waals surface area (Å²) < 4.78 is 16.8. The van der Waals surface area contributed by atoms with Crippen molar-refractivity contribution in [1.82, 2.24) is 0 Å². The number of carbonyl (C=O) groups is 3. The molecule has 0 radical (unpaired) electrons. The first-order chi connectivity index (χ1) is 38.5. The summed E-state index contributed by atoms with van der Waals surface area (Å²) in [5, 5.41) is 0. The Morgan fingerprint density at radius 3 is 0.782 bits per heavy atom. The molecule has 0 aliphatic heterocycles. The van der Waals surface area contributed by atoms with E-state index in [2.05, 4.69) is 154 Å². The summed E-state index contributed by atoms with van der Waals surface area (Å²) in [5.41, 5.74) is 0. The second-order valence-electron chi connectivity index (χ2n) is 20.9. The van der Waals surface area contributed by atoms with Gasteiger partial charge in [-0.15, -0.1) is 0 Å². The third-order valence-corrected chi connectivity index (χ3v) is 13.4. The molecule has 6 nitrogen and oxygen atoms in total. The molecule has 0 saturated heterocycles. The van der Waals surface area contributed by atoms with Crippen LogP contribution in [-0.2, 0) is 28.6 Å². The smallest absolute Gasteiger partial charge is 0.306 e. The molecule has 78 heavy (non-hydrogen) atoms. The van der Waals surface area contributed by atoms with Crippen LogP contribution in [0.1, 0.15) is 284 Å². The fourth-order valence-electron chi connectivity index (χ4n) is 8.58. The Hall–Kier alpha value is -4.45. The highest BCUT2D eigenvalue weighted by Crippen LogP contribution is 2.15. The Morgan fingerprint density at radius 1 is 0.269 bits per heavy atom. The predicted molar refractivity (Wildman–Crippen MR) is 339 cm³/mol. The van der Waals surface area contributed by atoms with Crippen molar-refractivity contribution in [3.05, 3.63) is 134 Å². The molecule has 0 rings (SSSR count). The monoisotopic (exact) mass is 1080 g/mol. The molecule has 0 amide bonds. The number of unbranched alkanes of at least 4 members (excludes halogenated alkanes) is 24. The average molecular weight is 1080 g/mol. The van der Waals surface area contributed by atoms with E-state index >= 15 is 0 Å². The van der Waals surface area contributed by atoms with E-state index in [0.717, 1.165) is 141 Å². The van der Waals surface area contributed by atoms with Crippen molar-refractivity contribution in [2.45, 2.75) is 290 Å². The average Bonchev–Trinajstić information content (AvgIpc) is 3.44. The van der Waals surface area contributed by atoms with E-state index in [1.807, 2.05) is 0 Å². The molecule has 0 fully saturated rings. The fraction of sp³-hybridized carbons (Fsp3) is 0.653. The second-order valence-corrected chi connectivity index (χ2v) is 20.9. The van der Waals surface area contributed by atoms with E-state index < -0.39 is 6.10 Å². The van der Waals surface area contributed by atoms with Crippen LogP contribution in [0.25, 0.3) is 0 Å². The molecule has 0 bridgehead atoms. The van der Waals surface area contributed by atoms with Crippen LogP contribution in [-0.4, -0.2) is 37.2 Å². The van der Waals surface area contributed by atoms with Crippen molar-refractivity contribution in [1.29, 1.82) is 0 Å². The molecule has 0 spiro atoms. The zero-order valence-corrected chi connectivity index (χ0v) is 50.6. The first-order valence-corrected chi connectivity index (χ1v) is 32.2. The van der Waals surface area contributed by atoms with Gasteiger partial charge in [-0.05, 0) is 122 Å². The van der Waals surface area contributed by atoms with Gasteiger partial charge in [-0.3, -0.25) is 14.4 Å². The summed E-state index contributed by atoms with van der Waals surface area (Å²) in [7, 11) is 0. The van der Waals surface area contributed by atoms with Gasteiger partial charge < -0.3 is 14.2 Å². The van der Waals surface area contributed by atoms with E-state index in [1.54, 1.807) is 0 Å². The van der Waals surface area contributed by atoms with Crippen molar-refractivity contribution in [3.8, 4) is 0 Å². The summed E-state index contributed by atoms with van der Waals surface area (Å²) >= 11 is 0. The van der Waals surface area contributed by atoms with Crippen LogP contribution in [0.4, 0.5) is 0 Å². The van der Waals surface area contributed by atoms with Crippen LogP contribution in [0.5, 0.6) is 0 Å². The molecular weight excluding hydrogens is 961 g/mol. The maximum atomic E-state index is 12.8. The molecule has 0 N–H and O–H groups in total. The second kappa shape index (κ2) is 65.1. The third-order valence-electron chi connectivity index (χ3n) is 13.4. The first-order valence-electron chi connectivity index (χ1n) is 32.2. The minimum atomic E-state index is -0.790. The normalized spacial score (nSPS) is 13.0. The van der Waals surface area contributed by atoms with E-state index in [1.165, 1.54) is 103 Å². The van der Waals surface area contributed by atoms with E-state index in [0.29, 0.717) is 19.3 Å². The van der Waals surface area contributed by atoms with Crippen LogP contribution in [0.2, 0.25) is 0 Å². The van der Waals surface area contributed by atoms with Gasteiger partial charge in [0.05, 0.1) is 0 Å². The fourth-order valence-corrected chi connectivity index (χ4v) is 8.58. The van der Waals surface area contributed by atoms with Crippen LogP contribution in [0.3, 0.4) is 0 Å². The van der Waals surface area contributed by atoms with Crippen molar-refractivity contribution in [2.24, 2.45) is 0 Å². The number of hydrogen-bond acceptors (Lipinski definition) is 6. The predicted octanol–water partition coefficient (Wildman–Crippen LogP) is 22.2. The minimum Gasteiger partial charge on any atom is -0.462 e. The molecule has 1 atom stereocenters. The Balaban J connectivity index is 4.18. The van der Waals surface area contributed by atoms with Crippen LogP contribution >= 0.6 is 0 Å². The molecule has 0 aromatic carbocycles. The van der Waals surface area contributed by atoms with Crippen LogP contribution in [0, 0.1) is 0 Å². The number of rotatable bonds is 57.